The van der Waals surface area contributed by atoms with E-state index in [1.54, 1.807) is 0 Å². The maximum Gasteiger partial charge on any atom is 0.0883 e. The number of aliphatic hydroxyl groups is 1. The number of likely N-dealkylation sites (tertiary alicyclic amines) is 10. The average Bonchev–Trinajstić information content (AvgIpc) is 1.36. The highest BCUT2D eigenvalue weighted by Crippen LogP contribution is 2.48. The van der Waals surface area contributed by atoms with Crippen molar-refractivity contribution in [3.63, 3.8) is 0 Å². The number of piperidine rings is 9. The Morgan fingerprint density at radius 3 is 1.01 bits per heavy atom. The maximum atomic E-state index is 9.52. The normalized spacial score (nSPS) is 35.8. The van der Waals surface area contributed by atoms with Gasteiger partial charge in [0.15, 0.2) is 0 Å². The molecule has 0 amide bonds. The summed E-state index contributed by atoms with van der Waals surface area (Å²) < 4.78 is 0. The lowest BCUT2D eigenvalue weighted by molar-refractivity contribution is -0.0531. The van der Waals surface area contributed by atoms with Gasteiger partial charge in [-0.1, -0.05) is 48.1 Å². The van der Waals surface area contributed by atoms with E-state index < -0.39 is 0 Å². The topological polar surface area (TPSA) is 81.8 Å². The number of allylic oxidation sites excluding steroid dienone is 1. The van der Waals surface area contributed by atoms with Crippen LogP contribution in [0.4, 0.5) is 0 Å². The van der Waals surface area contributed by atoms with E-state index in [2.05, 4.69) is 385 Å². The van der Waals surface area contributed by atoms with Crippen LogP contribution in [0.2, 0.25) is 0 Å². The van der Waals surface area contributed by atoms with Crippen LogP contribution in [-0.2, 0) is 0 Å². The minimum atomic E-state index is 0.271. The molecule has 21 rings (SSSR count). The fourth-order valence-electron chi connectivity index (χ4n) is 31.5. The standard InChI is InChI=1S/C15H30N2.3C13H26N2.C13H23NO.4C11H22N2.C10H20N2/c1-14(2,3)13-17-11-7-15(8-12-17)5-9-16(4)10-6-15;1-13(2,3)10-15-8-11-5-12(9-15)7-14(4)6-11;1-13(2,3)15(5)12-8-10-6-7-11(9-12)14(10)4;1-13(2,3)15-10-6-7-11(15)9-12(8-10)14(4)5;1-9(15)10-7-11-5-6-12(8-10)14(11)13(2,3)4;1-11(2,3)13-7-9-5-12(4)6-10(9)8-13;1-11(2,3)13-8-9-5-6-10(13)7-12(9)4;1-11(2,3)13-7-9-5-6-10(8-13)12(9)4;1-11(2,3)13-9-5-6-10(13)8-12(4)7-9;1-10(2,3)12-7-8-5-9(12)6-11(8)4/h5-13H2,1-4H3;11-12H,5-10H2,1-4H3;2*10-12H,6-9H2,1-5H3;10-12,15H,1,5-8H2,2-4H3;4*9-10H,5-8H2,1-4H3;8-9H,5-7H2,1-4H3. The summed E-state index contributed by atoms with van der Waals surface area (Å²) in [7, 11) is 25.0. The number of likely N-dealkylation sites (N-methyl/N-ethyl adjacent to an activating group) is 4. The number of aliphatic hydroxyl groups excluding tert-OH is 1. The Balaban J connectivity index is 0.000000150. The van der Waals surface area contributed by atoms with E-state index in [-0.39, 0.29) is 5.54 Å². The SMILES string of the molecule is C=C(O)C1CC2CCC(C1)N2C(C)(C)C.CN(C)C1CC2CCC(C1)N2C(C)(C)C.CN1C2CCC1CC(N(C)C(C)(C)C)C2.CN1C2CCC1CN(C(C)(C)C)C2.CN1CC2CC(C1)CN(CC(C)(C)C)C2.CN1CC2CC1CN2C(C)(C)C.CN1CC2CCC(C1)N2C(C)(C)C.CN1CC2CCC1CN2C(C)(C)C.CN1CC2CN(C(C)(C)C)CC2C1.CN1CCC2(CC1)CCN(CC(C)(C)C)CC2. The van der Waals surface area contributed by atoms with E-state index in [1.807, 2.05) is 0 Å². The molecule has 0 aromatic carbocycles. The van der Waals surface area contributed by atoms with Crippen molar-refractivity contribution in [2.24, 2.45) is 45.8 Å². The van der Waals surface area contributed by atoms with E-state index in [0.29, 0.717) is 78.8 Å². The molecule has 21 saturated heterocycles. The van der Waals surface area contributed by atoms with Gasteiger partial charge in [0.25, 0.3) is 0 Å². The Labute approximate surface area is 875 Å². The molecule has 141 heavy (non-hydrogen) atoms. The summed E-state index contributed by atoms with van der Waals surface area (Å²) in [6, 6.07) is 13.0. The molecular formula is C121H239N19O. The van der Waals surface area contributed by atoms with E-state index >= 15 is 0 Å². The molecule has 21 aliphatic heterocycles. The molecule has 1 spiro atoms. The van der Waals surface area contributed by atoms with Gasteiger partial charge in [-0.3, -0.25) is 44.1 Å². The first-order valence-corrected chi connectivity index (χ1v) is 59.1. The largest absolute Gasteiger partial charge is 0.513 e. The molecule has 20 heteroatoms. The molecule has 16 bridgehead atoms. The molecule has 0 aliphatic carbocycles. The quantitative estimate of drug-likeness (QED) is 0.265. The van der Waals surface area contributed by atoms with Gasteiger partial charge in [0.2, 0.25) is 0 Å². The van der Waals surface area contributed by atoms with Crippen molar-refractivity contribution in [3.8, 4) is 0 Å². The maximum absolute atomic E-state index is 9.52. The minimum absolute atomic E-state index is 0.271. The van der Waals surface area contributed by atoms with E-state index in [1.165, 1.54) is 285 Å². The van der Waals surface area contributed by atoms with Crippen molar-refractivity contribution in [1.29, 1.82) is 0 Å². The fraction of sp³-hybridized carbons (Fsp3) is 0.983. The molecule has 0 aromatic heterocycles. The first-order chi connectivity index (χ1) is 64.9. The third-order valence-corrected chi connectivity index (χ3v) is 39.0. The first-order valence-electron chi connectivity index (χ1n) is 59.1. The van der Waals surface area contributed by atoms with Gasteiger partial charge in [-0.15, -0.1) is 0 Å². The number of fused-ring (bicyclic) bond motifs is 18. The van der Waals surface area contributed by atoms with Crippen LogP contribution < -0.4 is 0 Å². The molecule has 18 atom stereocenters. The Bertz CT molecular complexity index is 3620. The molecule has 824 valence electrons. The number of hydrogen-bond acceptors (Lipinski definition) is 20. The highest BCUT2D eigenvalue weighted by molar-refractivity contribution is 5.10. The van der Waals surface area contributed by atoms with E-state index in [4.69, 9.17) is 0 Å². The van der Waals surface area contributed by atoms with Crippen LogP contribution in [0, 0.1) is 45.8 Å². The second kappa shape index (κ2) is 48.2. The second-order valence-electron chi connectivity index (χ2n) is 61.8. The zero-order valence-electron chi connectivity index (χ0n) is 101. The molecule has 0 saturated carbocycles. The van der Waals surface area contributed by atoms with Crippen LogP contribution in [0.5, 0.6) is 0 Å². The van der Waals surface area contributed by atoms with Crippen molar-refractivity contribution in [1.82, 2.24) is 93.1 Å². The van der Waals surface area contributed by atoms with Gasteiger partial charge in [-0.25, -0.2) is 0 Å². The molecule has 1 N–H and O–H groups in total. The van der Waals surface area contributed by atoms with Crippen LogP contribution >= 0.6 is 0 Å². The Morgan fingerprint density at radius 1 is 0.291 bits per heavy atom. The average molecular weight is 1980 g/mol. The Hall–Kier alpha value is -1.22. The van der Waals surface area contributed by atoms with Crippen molar-refractivity contribution < 1.29 is 5.11 Å². The molecular weight excluding hydrogens is 1740 g/mol. The van der Waals surface area contributed by atoms with Crippen molar-refractivity contribution in [2.75, 3.05) is 222 Å². The molecule has 21 heterocycles. The van der Waals surface area contributed by atoms with Crippen molar-refractivity contribution in [2.45, 2.75) is 503 Å². The highest BCUT2D eigenvalue weighted by Gasteiger charge is 2.53. The Kier molecular flexibility index (Phi) is 41.0. The monoisotopic (exact) mass is 1970 g/mol. The van der Waals surface area contributed by atoms with Crippen molar-refractivity contribution in [3.05, 3.63) is 12.3 Å². The van der Waals surface area contributed by atoms with Crippen LogP contribution in [0.15, 0.2) is 12.3 Å². The van der Waals surface area contributed by atoms with Gasteiger partial charge in [0.05, 0.1) is 5.76 Å². The summed E-state index contributed by atoms with van der Waals surface area (Å²) in [6.45, 7) is 102. The summed E-state index contributed by atoms with van der Waals surface area (Å²) >= 11 is 0. The summed E-state index contributed by atoms with van der Waals surface area (Å²) in [6.07, 6.45) is 33.1. The van der Waals surface area contributed by atoms with Gasteiger partial charge in [0, 0.05) is 265 Å². The van der Waals surface area contributed by atoms with Gasteiger partial charge in [-0.05, 0) is 464 Å². The van der Waals surface area contributed by atoms with Gasteiger partial charge in [0.1, 0.15) is 0 Å². The summed E-state index contributed by atoms with van der Waals surface area (Å²) in [5.41, 5.74) is 4.43. The van der Waals surface area contributed by atoms with Crippen molar-refractivity contribution >= 4 is 0 Å². The van der Waals surface area contributed by atoms with Crippen LogP contribution in [-0.4, -0.2) is 461 Å². The lowest BCUT2D eigenvalue weighted by Crippen LogP contribution is -2.65. The fourth-order valence-corrected chi connectivity index (χ4v) is 31.5. The molecule has 18 unspecified atom stereocenters. The van der Waals surface area contributed by atoms with E-state index in [0.717, 1.165) is 121 Å². The predicted octanol–water partition coefficient (Wildman–Crippen LogP) is 19.7. The zero-order valence-corrected chi connectivity index (χ0v) is 101. The summed E-state index contributed by atoms with van der Waals surface area (Å²) in [5, 5.41) is 9.52. The van der Waals surface area contributed by atoms with Crippen LogP contribution in [0.25, 0.3) is 0 Å². The van der Waals surface area contributed by atoms with E-state index in [9.17, 15) is 5.11 Å². The smallest absolute Gasteiger partial charge is 0.0883 e. The molecule has 0 radical (unpaired) electrons. The lowest BCUT2D eigenvalue weighted by Gasteiger charge is -2.55. The predicted molar refractivity (Wildman–Crippen MR) is 607 cm³/mol. The lowest BCUT2D eigenvalue weighted by atomic mass is 9.71. The van der Waals surface area contributed by atoms with Gasteiger partial charge in [-0.2, -0.15) is 0 Å². The number of piperazine rings is 4. The highest BCUT2D eigenvalue weighted by atomic mass is 16.3. The van der Waals surface area contributed by atoms with Crippen LogP contribution in [0.1, 0.15) is 362 Å². The second-order valence-corrected chi connectivity index (χ2v) is 61.8. The van der Waals surface area contributed by atoms with Crippen LogP contribution in [0.3, 0.4) is 0 Å². The zero-order chi connectivity index (χ0) is 105. The van der Waals surface area contributed by atoms with Gasteiger partial charge >= 0.3 is 0 Å². The Morgan fingerprint density at radius 2 is 0.631 bits per heavy atom. The molecule has 21 aliphatic rings. The minimum Gasteiger partial charge on any atom is -0.513 e. The first kappa shape index (κ1) is 120. The number of nitrogens with zero attached hydrogens (tertiary/aromatic N) is 19. The number of rotatable bonds is 5. The third-order valence-electron chi connectivity index (χ3n) is 39.0. The summed E-state index contributed by atoms with van der Waals surface area (Å²) in [4.78, 5) is 49.5. The molecule has 20 nitrogen and oxygen atoms in total. The molecule has 21 fully saturated rings. The van der Waals surface area contributed by atoms with Gasteiger partial charge < -0.3 is 54.1 Å². The molecule has 0 aromatic rings. The summed E-state index contributed by atoms with van der Waals surface area (Å²) in [5.74, 6) is 4.52. The third kappa shape index (κ3) is 33.4. The number of hydrogen-bond donors (Lipinski definition) is 1.